The van der Waals surface area contributed by atoms with E-state index in [1.807, 2.05) is 26.0 Å². The number of carbonyl (C=O) groups excluding carboxylic acids is 1. The molecule has 0 fully saturated rings. The lowest BCUT2D eigenvalue weighted by atomic mass is 10.0. The maximum absolute atomic E-state index is 12.0. The van der Waals surface area contributed by atoms with Crippen molar-refractivity contribution in [2.45, 2.75) is 13.8 Å². The van der Waals surface area contributed by atoms with Gasteiger partial charge in [-0.2, -0.15) is 0 Å². The number of pyridine rings is 1. The molecule has 0 unspecified atom stereocenters. The Labute approximate surface area is 116 Å². The van der Waals surface area contributed by atoms with Gasteiger partial charge in [0, 0.05) is 23.9 Å². The quantitative estimate of drug-likeness (QED) is 0.678. The average Bonchev–Trinajstić information content (AvgIpc) is 2.90. The number of fused-ring (bicyclic) bond motifs is 1. The van der Waals surface area contributed by atoms with Crippen LogP contribution in [-0.4, -0.2) is 15.8 Å². The van der Waals surface area contributed by atoms with E-state index in [0.29, 0.717) is 22.6 Å². The maximum Gasteiger partial charge on any atom is 0.228 e. The summed E-state index contributed by atoms with van der Waals surface area (Å²) in [5.74, 6) is 0.595. The standard InChI is InChI=1S/C16H14N2O2/c1-10(2)15(19)11-5-6-14-13(8-11)18-16(20-14)12-4-3-7-17-9-12/h3-10H,1-2H3. The van der Waals surface area contributed by atoms with Crippen molar-refractivity contribution in [1.82, 2.24) is 9.97 Å². The second-order valence-electron chi connectivity index (χ2n) is 4.96. The molecule has 0 radical (unpaired) electrons. The molecule has 0 bridgehead atoms. The molecule has 3 rings (SSSR count). The van der Waals surface area contributed by atoms with Crippen molar-refractivity contribution in [3.63, 3.8) is 0 Å². The van der Waals surface area contributed by atoms with Gasteiger partial charge < -0.3 is 4.42 Å². The molecule has 0 spiro atoms. The van der Waals surface area contributed by atoms with E-state index in [9.17, 15) is 4.79 Å². The summed E-state index contributed by atoms with van der Waals surface area (Å²) in [6, 6.07) is 9.07. The summed E-state index contributed by atoms with van der Waals surface area (Å²) in [6.07, 6.45) is 3.40. The van der Waals surface area contributed by atoms with Gasteiger partial charge in [0.1, 0.15) is 5.52 Å². The van der Waals surface area contributed by atoms with Crippen LogP contribution in [0.5, 0.6) is 0 Å². The summed E-state index contributed by atoms with van der Waals surface area (Å²) < 4.78 is 5.69. The van der Waals surface area contributed by atoms with E-state index in [-0.39, 0.29) is 11.7 Å². The summed E-state index contributed by atoms with van der Waals surface area (Å²) in [4.78, 5) is 20.5. The zero-order valence-electron chi connectivity index (χ0n) is 11.3. The zero-order valence-corrected chi connectivity index (χ0v) is 11.3. The van der Waals surface area contributed by atoms with Gasteiger partial charge in [-0.3, -0.25) is 9.78 Å². The first-order valence-corrected chi connectivity index (χ1v) is 6.50. The third kappa shape index (κ3) is 2.20. The molecule has 1 aromatic carbocycles. The van der Waals surface area contributed by atoms with Crippen molar-refractivity contribution in [1.29, 1.82) is 0 Å². The van der Waals surface area contributed by atoms with Crippen LogP contribution in [0, 0.1) is 5.92 Å². The Morgan fingerprint density at radius 2 is 2.10 bits per heavy atom. The van der Waals surface area contributed by atoms with Crippen LogP contribution in [0.4, 0.5) is 0 Å². The van der Waals surface area contributed by atoms with E-state index in [2.05, 4.69) is 9.97 Å². The first kappa shape index (κ1) is 12.5. The highest BCUT2D eigenvalue weighted by Gasteiger charge is 2.14. The molecule has 0 amide bonds. The fourth-order valence-corrected chi connectivity index (χ4v) is 2.03. The van der Waals surface area contributed by atoms with E-state index in [4.69, 9.17) is 4.42 Å². The smallest absolute Gasteiger partial charge is 0.228 e. The first-order valence-electron chi connectivity index (χ1n) is 6.50. The second-order valence-corrected chi connectivity index (χ2v) is 4.96. The molecule has 4 heteroatoms. The van der Waals surface area contributed by atoms with Crippen LogP contribution in [0.25, 0.3) is 22.6 Å². The molecule has 20 heavy (non-hydrogen) atoms. The SMILES string of the molecule is CC(C)C(=O)c1ccc2oc(-c3cccnc3)nc2c1. The number of Topliss-reactive ketones (excluding diaryl/α,β-unsaturated/α-hetero) is 1. The van der Waals surface area contributed by atoms with Gasteiger partial charge in [-0.15, -0.1) is 0 Å². The minimum Gasteiger partial charge on any atom is -0.436 e. The summed E-state index contributed by atoms with van der Waals surface area (Å²) in [5, 5.41) is 0. The Morgan fingerprint density at radius 1 is 1.25 bits per heavy atom. The Kier molecular flexibility index (Phi) is 3.06. The molecule has 0 N–H and O–H groups in total. The zero-order chi connectivity index (χ0) is 14.1. The van der Waals surface area contributed by atoms with E-state index in [0.717, 1.165) is 5.56 Å². The maximum atomic E-state index is 12.0. The number of ketones is 1. The fraction of sp³-hybridized carbons (Fsp3) is 0.188. The van der Waals surface area contributed by atoms with Gasteiger partial charge in [0.15, 0.2) is 11.4 Å². The molecular weight excluding hydrogens is 252 g/mol. The van der Waals surface area contributed by atoms with Crippen LogP contribution < -0.4 is 0 Å². The van der Waals surface area contributed by atoms with Crippen molar-refractivity contribution >= 4 is 16.9 Å². The monoisotopic (exact) mass is 266 g/mol. The van der Waals surface area contributed by atoms with Gasteiger partial charge in [0.05, 0.1) is 5.56 Å². The van der Waals surface area contributed by atoms with Crippen molar-refractivity contribution in [3.05, 3.63) is 48.3 Å². The van der Waals surface area contributed by atoms with Crippen LogP contribution in [-0.2, 0) is 0 Å². The van der Waals surface area contributed by atoms with Crippen LogP contribution in [0.15, 0.2) is 47.1 Å². The first-order chi connectivity index (χ1) is 9.65. The lowest BCUT2D eigenvalue weighted by Gasteiger charge is -2.02. The number of aromatic nitrogens is 2. The molecule has 100 valence electrons. The number of nitrogens with zero attached hydrogens (tertiary/aromatic N) is 2. The highest BCUT2D eigenvalue weighted by atomic mass is 16.3. The molecule has 4 nitrogen and oxygen atoms in total. The minimum atomic E-state index is -0.0304. The molecule has 0 saturated carbocycles. The predicted octanol–water partition coefficient (Wildman–Crippen LogP) is 3.73. The fourth-order valence-electron chi connectivity index (χ4n) is 2.03. The number of benzene rings is 1. The molecule has 0 aliphatic heterocycles. The van der Waals surface area contributed by atoms with E-state index in [1.165, 1.54) is 0 Å². The molecule has 0 saturated heterocycles. The van der Waals surface area contributed by atoms with E-state index >= 15 is 0 Å². The van der Waals surface area contributed by atoms with Crippen molar-refractivity contribution in [2.24, 2.45) is 5.92 Å². The van der Waals surface area contributed by atoms with Gasteiger partial charge in [0.25, 0.3) is 0 Å². The van der Waals surface area contributed by atoms with Crippen molar-refractivity contribution in [3.8, 4) is 11.5 Å². The average molecular weight is 266 g/mol. The summed E-state index contributed by atoms with van der Waals surface area (Å²) in [5.41, 5.74) is 2.85. The molecular formula is C16H14N2O2. The number of rotatable bonds is 3. The van der Waals surface area contributed by atoms with Gasteiger partial charge in [-0.25, -0.2) is 4.98 Å². The Balaban J connectivity index is 2.06. The second kappa shape index (κ2) is 4.89. The predicted molar refractivity (Wildman–Crippen MR) is 76.4 cm³/mol. The Hall–Kier alpha value is -2.49. The number of oxazole rings is 1. The lowest BCUT2D eigenvalue weighted by molar-refractivity contribution is 0.0939. The number of hydrogen-bond acceptors (Lipinski definition) is 4. The third-order valence-electron chi connectivity index (χ3n) is 3.10. The summed E-state index contributed by atoms with van der Waals surface area (Å²) >= 11 is 0. The van der Waals surface area contributed by atoms with E-state index in [1.54, 1.807) is 30.6 Å². The normalized spacial score (nSPS) is 11.2. The molecule has 0 aliphatic rings. The number of carbonyl (C=O) groups is 1. The number of hydrogen-bond donors (Lipinski definition) is 0. The molecule has 3 aromatic rings. The minimum absolute atomic E-state index is 0.0304. The molecule has 2 aromatic heterocycles. The molecule has 2 heterocycles. The van der Waals surface area contributed by atoms with Crippen molar-refractivity contribution < 1.29 is 9.21 Å². The summed E-state index contributed by atoms with van der Waals surface area (Å²) in [7, 11) is 0. The summed E-state index contributed by atoms with van der Waals surface area (Å²) in [6.45, 7) is 3.77. The van der Waals surface area contributed by atoms with Crippen LogP contribution in [0.2, 0.25) is 0 Å². The highest BCUT2D eigenvalue weighted by Crippen LogP contribution is 2.24. The molecule has 0 aliphatic carbocycles. The van der Waals surface area contributed by atoms with Gasteiger partial charge in [-0.1, -0.05) is 13.8 Å². The molecule has 0 atom stereocenters. The van der Waals surface area contributed by atoms with Gasteiger partial charge in [-0.05, 0) is 30.3 Å². The van der Waals surface area contributed by atoms with E-state index < -0.39 is 0 Å². The Morgan fingerprint density at radius 3 is 2.80 bits per heavy atom. The largest absolute Gasteiger partial charge is 0.436 e. The van der Waals surface area contributed by atoms with Gasteiger partial charge >= 0.3 is 0 Å². The highest BCUT2D eigenvalue weighted by molar-refractivity contribution is 5.99. The third-order valence-corrected chi connectivity index (χ3v) is 3.10. The van der Waals surface area contributed by atoms with Gasteiger partial charge in [0.2, 0.25) is 5.89 Å². The van der Waals surface area contributed by atoms with Crippen molar-refractivity contribution in [2.75, 3.05) is 0 Å². The topological polar surface area (TPSA) is 56.0 Å². The van der Waals surface area contributed by atoms with Crippen LogP contribution in [0.1, 0.15) is 24.2 Å². The lowest BCUT2D eigenvalue weighted by Crippen LogP contribution is -2.06. The van der Waals surface area contributed by atoms with Crippen LogP contribution >= 0.6 is 0 Å². The van der Waals surface area contributed by atoms with Crippen LogP contribution in [0.3, 0.4) is 0 Å². The Bertz CT molecular complexity index is 761.